The van der Waals surface area contributed by atoms with Crippen molar-refractivity contribution in [2.75, 3.05) is 11.9 Å². The smallest absolute Gasteiger partial charge is 0.230 e. The predicted molar refractivity (Wildman–Crippen MR) is 111 cm³/mol. The van der Waals surface area contributed by atoms with Crippen LogP contribution in [0.4, 0.5) is 5.69 Å². The number of aromatic nitrogens is 1. The summed E-state index contributed by atoms with van der Waals surface area (Å²) in [6.07, 6.45) is 3.68. The van der Waals surface area contributed by atoms with Crippen LogP contribution in [-0.4, -0.2) is 17.5 Å². The molecule has 5 heteroatoms. The standard InChI is InChI=1S/C22H24N2O2S/c1-2-3-7-14-26-20-12-10-18(11-13-20)23-21(25)15-19-16-27-22(24-19)17-8-5-4-6-9-17/h4-6,8-13,16H,2-3,7,14-15H2,1H3,(H,23,25). The van der Waals surface area contributed by atoms with Crippen molar-refractivity contribution >= 4 is 22.9 Å². The molecule has 0 radical (unpaired) electrons. The second-order valence-corrected chi connectivity index (χ2v) is 7.17. The number of nitrogens with zero attached hydrogens (tertiary/aromatic N) is 1. The molecule has 0 unspecified atom stereocenters. The van der Waals surface area contributed by atoms with Crippen LogP contribution < -0.4 is 10.1 Å². The number of hydrogen-bond acceptors (Lipinski definition) is 4. The van der Waals surface area contributed by atoms with E-state index in [1.54, 1.807) is 11.3 Å². The zero-order valence-corrected chi connectivity index (χ0v) is 16.3. The van der Waals surface area contributed by atoms with Gasteiger partial charge in [-0.1, -0.05) is 50.1 Å². The number of benzene rings is 2. The number of ether oxygens (including phenoxy) is 1. The molecule has 0 aliphatic heterocycles. The van der Waals surface area contributed by atoms with Crippen molar-refractivity contribution in [1.29, 1.82) is 0 Å². The van der Waals surface area contributed by atoms with E-state index in [0.29, 0.717) is 0 Å². The van der Waals surface area contributed by atoms with E-state index in [1.165, 1.54) is 12.8 Å². The van der Waals surface area contributed by atoms with Gasteiger partial charge in [-0.05, 0) is 30.7 Å². The van der Waals surface area contributed by atoms with Crippen molar-refractivity contribution in [3.05, 3.63) is 65.7 Å². The van der Waals surface area contributed by atoms with Crippen molar-refractivity contribution in [3.63, 3.8) is 0 Å². The van der Waals surface area contributed by atoms with Gasteiger partial charge >= 0.3 is 0 Å². The summed E-state index contributed by atoms with van der Waals surface area (Å²) in [6, 6.07) is 17.5. The zero-order chi connectivity index (χ0) is 18.9. The highest BCUT2D eigenvalue weighted by Crippen LogP contribution is 2.23. The summed E-state index contributed by atoms with van der Waals surface area (Å²) in [7, 11) is 0. The lowest BCUT2D eigenvalue weighted by molar-refractivity contribution is -0.115. The van der Waals surface area contributed by atoms with Crippen molar-refractivity contribution in [3.8, 4) is 16.3 Å². The fourth-order valence-electron chi connectivity index (χ4n) is 2.65. The van der Waals surface area contributed by atoms with Gasteiger partial charge in [-0.3, -0.25) is 4.79 Å². The highest BCUT2D eigenvalue weighted by molar-refractivity contribution is 7.13. The Balaban J connectivity index is 1.50. The van der Waals surface area contributed by atoms with Gasteiger partial charge in [0.25, 0.3) is 0 Å². The van der Waals surface area contributed by atoms with Gasteiger partial charge < -0.3 is 10.1 Å². The molecule has 3 aromatic rings. The third-order valence-corrected chi connectivity index (χ3v) is 5.01. The summed E-state index contributed by atoms with van der Waals surface area (Å²) in [6.45, 7) is 2.90. The zero-order valence-electron chi connectivity index (χ0n) is 15.5. The van der Waals surface area contributed by atoms with Crippen LogP contribution in [0, 0.1) is 0 Å². The van der Waals surface area contributed by atoms with Gasteiger partial charge in [0.15, 0.2) is 0 Å². The van der Waals surface area contributed by atoms with Crippen LogP contribution in [0.15, 0.2) is 60.0 Å². The van der Waals surface area contributed by atoms with E-state index >= 15 is 0 Å². The Bertz CT molecular complexity index is 844. The molecule has 0 aliphatic carbocycles. The van der Waals surface area contributed by atoms with E-state index in [2.05, 4.69) is 17.2 Å². The fraction of sp³-hybridized carbons (Fsp3) is 0.273. The molecule has 1 heterocycles. The quantitative estimate of drug-likeness (QED) is 0.494. The maximum Gasteiger partial charge on any atom is 0.230 e. The van der Waals surface area contributed by atoms with Gasteiger partial charge in [-0.2, -0.15) is 0 Å². The Kier molecular flexibility index (Phi) is 6.99. The van der Waals surface area contributed by atoms with Crippen LogP contribution >= 0.6 is 11.3 Å². The molecule has 0 aliphatic rings. The second-order valence-electron chi connectivity index (χ2n) is 6.31. The van der Waals surface area contributed by atoms with Crippen LogP contribution in [0.3, 0.4) is 0 Å². The summed E-state index contributed by atoms with van der Waals surface area (Å²) in [4.78, 5) is 16.8. The third kappa shape index (κ3) is 5.93. The number of unbranched alkanes of at least 4 members (excludes halogenated alkanes) is 2. The SMILES string of the molecule is CCCCCOc1ccc(NC(=O)Cc2csc(-c3ccccc3)n2)cc1. The Hall–Kier alpha value is -2.66. The number of hydrogen-bond donors (Lipinski definition) is 1. The molecule has 0 spiro atoms. The topological polar surface area (TPSA) is 51.2 Å². The highest BCUT2D eigenvalue weighted by Gasteiger charge is 2.09. The molecule has 140 valence electrons. The molecule has 0 saturated carbocycles. The van der Waals surface area contributed by atoms with Gasteiger partial charge in [0, 0.05) is 16.6 Å². The van der Waals surface area contributed by atoms with Gasteiger partial charge in [0.1, 0.15) is 10.8 Å². The van der Waals surface area contributed by atoms with Crippen LogP contribution in [-0.2, 0) is 11.2 Å². The molecule has 2 aromatic carbocycles. The van der Waals surface area contributed by atoms with Crippen molar-refractivity contribution < 1.29 is 9.53 Å². The first-order chi connectivity index (χ1) is 13.2. The molecular weight excluding hydrogens is 356 g/mol. The average molecular weight is 381 g/mol. The largest absolute Gasteiger partial charge is 0.494 e. The van der Waals surface area contributed by atoms with E-state index < -0.39 is 0 Å². The first-order valence-electron chi connectivity index (χ1n) is 9.27. The summed E-state index contributed by atoms with van der Waals surface area (Å²) < 4.78 is 5.69. The summed E-state index contributed by atoms with van der Waals surface area (Å²) in [5.41, 5.74) is 2.62. The minimum atomic E-state index is -0.0727. The van der Waals surface area contributed by atoms with E-state index in [1.807, 2.05) is 60.0 Å². The number of thiazole rings is 1. The first-order valence-corrected chi connectivity index (χ1v) is 10.1. The second kappa shape index (κ2) is 9.88. The fourth-order valence-corrected chi connectivity index (χ4v) is 3.47. The molecule has 3 rings (SSSR count). The molecular formula is C22H24N2O2S. The molecule has 27 heavy (non-hydrogen) atoms. The Morgan fingerprint density at radius 3 is 2.59 bits per heavy atom. The van der Waals surface area contributed by atoms with Crippen molar-refractivity contribution in [2.24, 2.45) is 0 Å². The predicted octanol–water partition coefficient (Wildman–Crippen LogP) is 5.56. The lowest BCUT2D eigenvalue weighted by Gasteiger charge is -2.08. The van der Waals surface area contributed by atoms with Crippen LogP contribution in [0.5, 0.6) is 5.75 Å². The molecule has 0 fully saturated rings. The van der Waals surface area contributed by atoms with Crippen LogP contribution in [0.25, 0.3) is 10.6 Å². The molecule has 0 bridgehead atoms. The Morgan fingerprint density at radius 2 is 1.85 bits per heavy atom. The van der Waals surface area contributed by atoms with E-state index in [0.717, 1.165) is 40.7 Å². The average Bonchev–Trinajstić information content (AvgIpc) is 3.15. The maximum absolute atomic E-state index is 12.3. The number of anilines is 1. The number of nitrogens with one attached hydrogen (secondary N) is 1. The first kappa shape index (κ1) is 19.1. The van der Waals surface area contributed by atoms with Crippen LogP contribution in [0.2, 0.25) is 0 Å². The van der Waals surface area contributed by atoms with E-state index in [9.17, 15) is 4.79 Å². The molecule has 0 atom stereocenters. The van der Waals surface area contributed by atoms with E-state index in [4.69, 9.17) is 4.74 Å². The maximum atomic E-state index is 12.3. The van der Waals surface area contributed by atoms with Gasteiger partial charge in [0.2, 0.25) is 5.91 Å². The molecule has 1 amide bonds. The van der Waals surface area contributed by atoms with Crippen molar-refractivity contribution in [1.82, 2.24) is 4.98 Å². The van der Waals surface area contributed by atoms with Crippen molar-refractivity contribution in [2.45, 2.75) is 32.6 Å². The minimum Gasteiger partial charge on any atom is -0.494 e. The lowest BCUT2D eigenvalue weighted by atomic mass is 10.2. The highest BCUT2D eigenvalue weighted by atomic mass is 32.1. The molecule has 4 nitrogen and oxygen atoms in total. The number of rotatable bonds is 9. The summed E-state index contributed by atoms with van der Waals surface area (Å²) in [5.74, 6) is 0.757. The van der Waals surface area contributed by atoms with Gasteiger partial charge in [0.05, 0.1) is 18.7 Å². The van der Waals surface area contributed by atoms with Gasteiger partial charge in [-0.15, -0.1) is 11.3 Å². The normalized spacial score (nSPS) is 10.6. The van der Waals surface area contributed by atoms with Crippen LogP contribution in [0.1, 0.15) is 31.9 Å². The molecule has 1 aromatic heterocycles. The number of carbonyl (C=O) groups excluding carboxylic acids is 1. The summed E-state index contributed by atoms with van der Waals surface area (Å²) >= 11 is 1.56. The number of amides is 1. The van der Waals surface area contributed by atoms with Gasteiger partial charge in [-0.25, -0.2) is 4.98 Å². The molecule has 0 saturated heterocycles. The number of carbonyl (C=O) groups is 1. The molecule has 1 N–H and O–H groups in total. The lowest BCUT2D eigenvalue weighted by Crippen LogP contribution is -2.14. The minimum absolute atomic E-state index is 0.0727. The monoisotopic (exact) mass is 380 g/mol. The Labute approximate surface area is 164 Å². The van der Waals surface area contributed by atoms with E-state index in [-0.39, 0.29) is 12.3 Å². The Morgan fingerprint density at radius 1 is 1.07 bits per heavy atom. The summed E-state index contributed by atoms with van der Waals surface area (Å²) in [5, 5.41) is 5.79. The third-order valence-electron chi connectivity index (χ3n) is 4.07.